The molecule has 1 saturated heterocycles. The number of amides is 1. The van der Waals surface area contributed by atoms with Gasteiger partial charge in [-0.3, -0.25) is 4.79 Å². The molecule has 2 atom stereocenters. The van der Waals surface area contributed by atoms with Gasteiger partial charge in [0.2, 0.25) is 5.91 Å². The van der Waals surface area contributed by atoms with Gasteiger partial charge in [-0.1, -0.05) is 0 Å². The lowest BCUT2D eigenvalue weighted by atomic mass is 10.1. The van der Waals surface area contributed by atoms with Gasteiger partial charge in [-0.15, -0.1) is 12.3 Å². The van der Waals surface area contributed by atoms with E-state index in [1.54, 1.807) is 4.90 Å². The number of aliphatic hydroxyl groups excluding tert-OH is 1. The minimum absolute atomic E-state index is 0.0437. The highest BCUT2D eigenvalue weighted by Gasteiger charge is 2.28. The van der Waals surface area contributed by atoms with Crippen LogP contribution in [0.4, 0.5) is 0 Å². The first-order chi connectivity index (χ1) is 7.19. The zero-order chi connectivity index (χ0) is 11.3. The maximum absolute atomic E-state index is 11.7. The molecule has 1 aliphatic rings. The Hall–Kier alpha value is -1.05. The van der Waals surface area contributed by atoms with Gasteiger partial charge in [0.1, 0.15) is 0 Å². The number of nitrogens with zero attached hydrogens (tertiary/aromatic N) is 1. The monoisotopic (exact) mass is 211 g/mol. The summed E-state index contributed by atoms with van der Waals surface area (Å²) in [5, 5.41) is 8.96. The molecule has 0 aromatic rings. The predicted octanol–water partition coefficient (Wildman–Crippen LogP) is 0.00800. The summed E-state index contributed by atoms with van der Waals surface area (Å²) in [6, 6.07) is 0.0677. The van der Waals surface area contributed by atoms with Crippen LogP contribution in [0.15, 0.2) is 0 Å². The van der Waals surface area contributed by atoms with Crippen LogP contribution < -0.4 is 0 Å². The molecular weight excluding hydrogens is 194 g/mol. The number of hydrogen-bond acceptors (Lipinski definition) is 3. The summed E-state index contributed by atoms with van der Waals surface area (Å²) in [5.74, 6) is 2.49. The Labute approximate surface area is 90.2 Å². The number of aliphatic hydroxyl groups is 1. The maximum atomic E-state index is 11.7. The van der Waals surface area contributed by atoms with Crippen LogP contribution >= 0.6 is 0 Å². The van der Waals surface area contributed by atoms with Gasteiger partial charge >= 0.3 is 0 Å². The summed E-state index contributed by atoms with van der Waals surface area (Å²) in [4.78, 5) is 13.5. The molecule has 4 heteroatoms. The summed E-state index contributed by atoms with van der Waals surface area (Å²) in [5.41, 5.74) is 0. The van der Waals surface area contributed by atoms with E-state index < -0.39 is 0 Å². The van der Waals surface area contributed by atoms with Gasteiger partial charge in [0.25, 0.3) is 0 Å². The SMILES string of the molecule is C#CCCC(=O)N1CC(CO)OCC1C. The molecule has 1 aliphatic heterocycles. The summed E-state index contributed by atoms with van der Waals surface area (Å²) >= 11 is 0. The van der Waals surface area contributed by atoms with Gasteiger partial charge in [0, 0.05) is 19.4 Å². The van der Waals surface area contributed by atoms with Gasteiger partial charge in [-0.25, -0.2) is 0 Å². The zero-order valence-electron chi connectivity index (χ0n) is 8.98. The second-order valence-corrected chi connectivity index (χ2v) is 3.74. The molecule has 1 amide bonds. The molecule has 0 aliphatic carbocycles. The number of terminal acetylenes is 1. The summed E-state index contributed by atoms with van der Waals surface area (Å²) in [6.07, 6.45) is 5.69. The van der Waals surface area contributed by atoms with Gasteiger partial charge in [0.15, 0.2) is 0 Å². The molecule has 1 fully saturated rings. The minimum atomic E-state index is -0.254. The fraction of sp³-hybridized carbons (Fsp3) is 0.727. The smallest absolute Gasteiger partial charge is 0.223 e. The van der Waals surface area contributed by atoms with Crippen molar-refractivity contribution >= 4 is 5.91 Å². The van der Waals surface area contributed by atoms with E-state index in [-0.39, 0.29) is 24.7 Å². The van der Waals surface area contributed by atoms with E-state index in [1.807, 2.05) is 6.92 Å². The Bertz CT molecular complexity index is 259. The lowest BCUT2D eigenvalue weighted by Gasteiger charge is -2.37. The largest absolute Gasteiger partial charge is 0.394 e. The summed E-state index contributed by atoms with van der Waals surface area (Å²) in [7, 11) is 0. The van der Waals surface area contributed by atoms with Crippen LogP contribution in [0.1, 0.15) is 19.8 Å². The third-order valence-corrected chi connectivity index (χ3v) is 2.51. The van der Waals surface area contributed by atoms with Crippen LogP contribution in [0.25, 0.3) is 0 Å². The molecule has 0 saturated carbocycles. The van der Waals surface area contributed by atoms with Crippen molar-refractivity contribution in [3.63, 3.8) is 0 Å². The third-order valence-electron chi connectivity index (χ3n) is 2.51. The van der Waals surface area contributed by atoms with E-state index in [0.717, 1.165) is 0 Å². The van der Waals surface area contributed by atoms with Crippen molar-refractivity contribution in [2.24, 2.45) is 0 Å². The molecule has 84 valence electrons. The quantitative estimate of drug-likeness (QED) is 0.669. The van der Waals surface area contributed by atoms with E-state index in [2.05, 4.69) is 5.92 Å². The molecule has 1 N–H and O–H groups in total. The molecular formula is C11H17NO3. The average Bonchev–Trinajstić information content (AvgIpc) is 2.26. The van der Waals surface area contributed by atoms with Gasteiger partial charge in [-0.2, -0.15) is 0 Å². The van der Waals surface area contributed by atoms with Crippen molar-refractivity contribution in [3.05, 3.63) is 0 Å². The lowest BCUT2D eigenvalue weighted by molar-refractivity contribution is -0.146. The van der Waals surface area contributed by atoms with Crippen LogP contribution in [-0.2, 0) is 9.53 Å². The second-order valence-electron chi connectivity index (χ2n) is 3.74. The first kappa shape index (κ1) is 12.0. The fourth-order valence-corrected chi connectivity index (χ4v) is 1.60. The molecule has 1 rings (SSSR count). The van der Waals surface area contributed by atoms with Crippen LogP contribution in [0, 0.1) is 12.3 Å². The molecule has 4 nitrogen and oxygen atoms in total. The minimum Gasteiger partial charge on any atom is -0.394 e. The topological polar surface area (TPSA) is 49.8 Å². The van der Waals surface area contributed by atoms with E-state index in [0.29, 0.717) is 26.0 Å². The van der Waals surface area contributed by atoms with Crippen molar-refractivity contribution in [1.82, 2.24) is 4.90 Å². The van der Waals surface area contributed by atoms with Crippen LogP contribution in [0.2, 0.25) is 0 Å². The highest BCUT2D eigenvalue weighted by atomic mass is 16.5. The fourth-order valence-electron chi connectivity index (χ4n) is 1.60. The Kier molecular flexibility index (Phi) is 4.60. The molecule has 0 spiro atoms. The highest BCUT2D eigenvalue weighted by Crippen LogP contribution is 2.13. The zero-order valence-corrected chi connectivity index (χ0v) is 8.98. The second kappa shape index (κ2) is 5.74. The van der Waals surface area contributed by atoms with Crippen molar-refractivity contribution in [2.45, 2.75) is 31.9 Å². The first-order valence-electron chi connectivity index (χ1n) is 5.14. The van der Waals surface area contributed by atoms with Crippen molar-refractivity contribution in [3.8, 4) is 12.3 Å². The third kappa shape index (κ3) is 3.22. The number of ether oxygens (including phenoxy) is 1. The van der Waals surface area contributed by atoms with Gasteiger partial charge in [0.05, 0.1) is 25.4 Å². The van der Waals surface area contributed by atoms with Crippen molar-refractivity contribution in [1.29, 1.82) is 0 Å². The predicted molar refractivity (Wildman–Crippen MR) is 56.1 cm³/mol. The Morgan fingerprint density at radius 1 is 1.73 bits per heavy atom. The maximum Gasteiger partial charge on any atom is 0.223 e. The molecule has 0 bridgehead atoms. The lowest BCUT2D eigenvalue weighted by Crippen LogP contribution is -2.51. The number of morpholine rings is 1. The van der Waals surface area contributed by atoms with E-state index in [1.165, 1.54) is 0 Å². The number of carbonyl (C=O) groups is 1. The Morgan fingerprint density at radius 2 is 2.47 bits per heavy atom. The molecule has 0 aromatic heterocycles. The molecule has 2 unspecified atom stereocenters. The number of carbonyl (C=O) groups excluding carboxylic acids is 1. The van der Waals surface area contributed by atoms with Crippen LogP contribution in [0.5, 0.6) is 0 Å². The van der Waals surface area contributed by atoms with Crippen LogP contribution in [-0.4, -0.2) is 47.8 Å². The molecule has 1 heterocycles. The van der Waals surface area contributed by atoms with Gasteiger partial charge in [-0.05, 0) is 6.92 Å². The van der Waals surface area contributed by atoms with E-state index >= 15 is 0 Å². The van der Waals surface area contributed by atoms with Crippen molar-refractivity contribution < 1.29 is 14.6 Å². The number of hydrogen-bond donors (Lipinski definition) is 1. The van der Waals surface area contributed by atoms with E-state index in [4.69, 9.17) is 16.3 Å². The summed E-state index contributed by atoms with van der Waals surface area (Å²) < 4.78 is 5.34. The van der Waals surface area contributed by atoms with Crippen molar-refractivity contribution in [2.75, 3.05) is 19.8 Å². The molecule has 0 aromatic carbocycles. The Balaban J connectivity index is 2.50. The van der Waals surface area contributed by atoms with Gasteiger partial charge < -0.3 is 14.7 Å². The highest BCUT2D eigenvalue weighted by molar-refractivity contribution is 5.76. The number of rotatable bonds is 3. The Morgan fingerprint density at radius 3 is 3.07 bits per heavy atom. The summed E-state index contributed by atoms with van der Waals surface area (Å²) in [6.45, 7) is 2.82. The molecule has 15 heavy (non-hydrogen) atoms. The van der Waals surface area contributed by atoms with Crippen LogP contribution in [0.3, 0.4) is 0 Å². The standard InChI is InChI=1S/C11H17NO3/c1-3-4-5-11(14)12-6-10(7-13)15-8-9(12)2/h1,9-10,13H,4-8H2,2H3. The van der Waals surface area contributed by atoms with E-state index in [9.17, 15) is 4.79 Å². The average molecular weight is 211 g/mol. The molecule has 0 radical (unpaired) electrons. The first-order valence-corrected chi connectivity index (χ1v) is 5.14. The normalized spacial score (nSPS) is 26.1.